The molecule has 0 aromatic heterocycles. The summed E-state index contributed by atoms with van der Waals surface area (Å²) in [5, 5.41) is 0. The molecule has 0 amide bonds. The Morgan fingerprint density at radius 3 is 0.753 bits per heavy atom. The van der Waals surface area contributed by atoms with Crippen molar-refractivity contribution in [2.45, 2.75) is 271 Å². The van der Waals surface area contributed by atoms with Gasteiger partial charge in [0.1, 0.15) is 13.2 Å². The molecular formula is C75H118O6. The van der Waals surface area contributed by atoms with Crippen LogP contribution in [0.4, 0.5) is 0 Å². The number of unbranched alkanes of at least 4 members (excludes halogenated alkanes) is 18. The lowest BCUT2D eigenvalue weighted by atomic mass is 10.1. The molecule has 0 heterocycles. The Morgan fingerprint density at radius 2 is 0.481 bits per heavy atom. The number of hydrogen-bond donors (Lipinski definition) is 0. The molecule has 0 N–H and O–H groups in total. The van der Waals surface area contributed by atoms with Crippen LogP contribution in [-0.2, 0) is 28.6 Å². The van der Waals surface area contributed by atoms with Crippen molar-refractivity contribution < 1.29 is 28.6 Å². The summed E-state index contributed by atoms with van der Waals surface area (Å²) < 4.78 is 16.9. The van der Waals surface area contributed by atoms with Gasteiger partial charge in [-0.25, -0.2) is 0 Å². The third kappa shape index (κ3) is 65.5. The molecule has 454 valence electrons. The standard InChI is InChI=1S/C75H118O6/c1-4-7-10-13-16-19-22-25-27-29-30-31-32-33-34-35-36-37-38-39-40-41-42-43-44-46-47-50-53-56-59-62-65-68-74(77)80-71-72(70-79-73(76)67-64-61-58-55-52-49-24-21-18-15-12-9-6-3)81-75(78)69-66-63-60-57-54-51-48-45-28-26-23-20-17-14-11-8-5-2/h7-8,10-12,15-17,19-21,24-28,30-31,33-34,36-37,39-40,42-43,48,51,72H,4-6,9,13-14,18,22-23,29,32,35,38,41,44-47,49-50,52-71H2,1-3H3/b10-7-,11-8-,15-12-,19-16-,20-17-,24-21-,27-25-,28-26-,31-30-,34-33-,37-36-,40-39-,43-42-,51-48-. The Labute approximate surface area is 498 Å². The van der Waals surface area contributed by atoms with E-state index in [9.17, 15) is 14.4 Å². The van der Waals surface area contributed by atoms with Gasteiger partial charge in [-0.3, -0.25) is 14.4 Å². The summed E-state index contributed by atoms with van der Waals surface area (Å²) >= 11 is 0. The fourth-order valence-electron chi connectivity index (χ4n) is 8.37. The van der Waals surface area contributed by atoms with E-state index < -0.39 is 6.10 Å². The second-order valence-electron chi connectivity index (χ2n) is 20.9. The minimum Gasteiger partial charge on any atom is -0.462 e. The fourth-order valence-corrected chi connectivity index (χ4v) is 8.37. The Kier molecular flexibility index (Phi) is 62.9. The maximum atomic E-state index is 12.9. The van der Waals surface area contributed by atoms with Crippen LogP contribution >= 0.6 is 0 Å². The van der Waals surface area contributed by atoms with Gasteiger partial charge in [-0.2, -0.15) is 0 Å². The Bertz CT molecular complexity index is 1860. The first-order valence-corrected chi connectivity index (χ1v) is 32.6. The highest BCUT2D eigenvalue weighted by molar-refractivity contribution is 5.71. The zero-order valence-electron chi connectivity index (χ0n) is 52.0. The van der Waals surface area contributed by atoms with E-state index in [1.54, 1.807) is 0 Å². The third-order valence-corrected chi connectivity index (χ3v) is 13.2. The molecule has 6 heteroatoms. The lowest BCUT2D eigenvalue weighted by Gasteiger charge is -2.18. The van der Waals surface area contributed by atoms with Crippen LogP contribution in [0.25, 0.3) is 0 Å². The molecule has 0 aromatic rings. The quantitative estimate of drug-likeness (QED) is 0.0261. The van der Waals surface area contributed by atoms with E-state index in [1.807, 2.05) is 0 Å². The molecule has 0 spiro atoms. The topological polar surface area (TPSA) is 78.9 Å². The molecule has 0 radical (unpaired) electrons. The SMILES string of the molecule is CC/C=C\C/C=C\C/C=C\C/C=C\C/C=C\C/C=C\C/C=C\C/C=C\CCCCCCCCCCC(=O)OCC(COC(=O)CCCCCCC/C=C\C/C=C\CCC)OC(=O)CCCCCC/C=C\C/C=C\C/C=C\C/C=C\CC. The summed E-state index contributed by atoms with van der Waals surface area (Å²) in [5.74, 6) is -0.955. The van der Waals surface area contributed by atoms with Crippen LogP contribution in [0.5, 0.6) is 0 Å². The number of ether oxygens (including phenoxy) is 3. The van der Waals surface area contributed by atoms with Gasteiger partial charge in [-0.1, -0.05) is 268 Å². The molecule has 0 rings (SSSR count). The average molecular weight is 1120 g/mol. The predicted molar refractivity (Wildman–Crippen MR) is 352 cm³/mol. The monoisotopic (exact) mass is 1110 g/mol. The van der Waals surface area contributed by atoms with Crippen molar-refractivity contribution >= 4 is 17.9 Å². The Balaban J connectivity index is 4.34. The number of allylic oxidation sites excluding steroid dienone is 28. The minimum absolute atomic E-state index is 0.104. The van der Waals surface area contributed by atoms with E-state index in [-0.39, 0.29) is 37.5 Å². The highest BCUT2D eigenvalue weighted by Gasteiger charge is 2.19. The van der Waals surface area contributed by atoms with Crippen LogP contribution in [0.2, 0.25) is 0 Å². The van der Waals surface area contributed by atoms with E-state index >= 15 is 0 Å². The van der Waals surface area contributed by atoms with E-state index in [2.05, 4.69) is 191 Å². The highest BCUT2D eigenvalue weighted by Crippen LogP contribution is 2.14. The van der Waals surface area contributed by atoms with Gasteiger partial charge in [0.2, 0.25) is 0 Å². The molecule has 81 heavy (non-hydrogen) atoms. The van der Waals surface area contributed by atoms with Gasteiger partial charge in [0.05, 0.1) is 0 Å². The van der Waals surface area contributed by atoms with Gasteiger partial charge >= 0.3 is 17.9 Å². The van der Waals surface area contributed by atoms with Gasteiger partial charge in [-0.05, 0) is 148 Å². The van der Waals surface area contributed by atoms with Crippen molar-refractivity contribution in [3.63, 3.8) is 0 Å². The van der Waals surface area contributed by atoms with E-state index in [0.717, 1.165) is 186 Å². The molecule has 0 aliphatic carbocycles. The van der Waals surface area contributed by atoms with E-state index in [4.69, 9.17) is 14.2 Å². The molecular weight excluding hydrogens is 997 g/mol. The number of esters is 3. The predicted octanol–water partition coefficient (Wildman–Crippen LogP) is 22.7. The largest absolute Gasteiger partial charge is 0.462 e. The van der Waals surface area contributed by atoms with Crippen LogP contribution in [0.3, 0.4) is 0 Å². The maximum Gasteiger partial charge on any atom is 0.306 e. The molecule has 1 atom stereocenters. The van der Waals surface area contributed by atoms with Crippen molar-refractivity contribution in [1.82, 2.24) is 0 Å². The average Bonchev–Trinajstić information content (AvgIpc) is 3.46. The van der Waals surface area contributed by atoms with E-state index in [0.29, 0.717) is 12.8 Å². The van der Waals surface area contributed by atoms with Crippen LogP contribution in [0.1, 0.15) is 265 Å². The van der Waals surface area contributed by atoms with Crippen LogP contribution in [0, 0.1) is 0 Å². The number of carbonyl (C=O) groups is 3. The summed E-state index contributed by atoms with van der Waals surface area (Å²) in [4.78, 5) is 38.3. The van der Waals surface area contributed by atoms with Crippen LogP contribution in [0.15, 0.2) is 170 Å². The summed E-state index contributed by atoms with van der Waals surface area (Å²) in [6, 6.07) is 0. The summed E-state index contributed by atoms with van der Waals surface area (Å²) in [6.45, 7) is 6.30. The lowest BCUT2D eigenvalue weighted by molar-refractivity contribution is -0.167. The molecule has 0 bridgehead atoms. The van der Waals surface area contributed by atoms with Gasteiger partial charge in [0, 0.05) is 19.3 Å². The molecule has 0 saturated carbocycles. The first-order chi connectivity index (χ1) is 40.0. The first kappa shape index (κ1) is 75.8. The number of rotatable bonds is 57. The second kappa shape index (κ2) is 67.3. The molecule has 1 unspecified atom stereocenters. The Hall–Kier alpha value is -5.23. The van der Waals surface area contributed by atoms with Crippen molar-refractivity contribution in [3.05, 3.63) is 170 Å². The molecule has 6 nitrogen and oxygen atoms in total. The second-order valence-corrected chi connectivity index (χ2v) is 20.9. The van der Waals surface area contributed by atoms with Crippen molar-refractivity contribution in [2.75, 3.05) is 13.2 Å². The van der Waals surface area contributed by atoms with Gasteiger partial charge in [0.15, 0.2) is 6.10 Å². The normalized spacial score (nSPS) is 13.3. The molecule has 0 saturated heterocycles. The van der Waals surface area contributed by atoms with E-state index in [1.165, 1.54) is 38.5 Å². The molecule has 0 aliphatic heterocycles. The zero-order valence-corrected chi connectivity index (χ0v) is 52.0. The summed E-state index contributed by atoms with van der Waals surface area (Å²) in [6.07, 6.45) is 99.3. The smallest absolute Gasteiger partial charge is 0.306 e. The number of carbonyl (C=O) groups excluding carboxylic acids is 3. The molecule has 0 fully saturated rings. The van der Waals surface area contributed by atoms with Crippen LogP contribution in [-0.4, -0.2) is 37.2 Å². The lowest BCUT2D eigenvalue weighted by Crippen LogP contribution is -2.30. The molecule has 0 aromatic carbocycles. The maximum absolute atomic E-state index is 12.9. The highest BCUT2D eigenvalue weighted by atomic mass is 16.6. The number of hydrogen-bond acceptors (Lipinski definition) is 6. The molecule has 0 aliphatic rings. The third-order valence-electron chi connectivity index (χ3n) is 13.2. The Morgan fingerprint density at radius 1 is 0.259 bits per heavy atom. The van der Waals surface area contributed by atoms with Crippen molar-refractivity contribution in [1.29, 1.82) is 0 Å². The van der Waals surface area contributed by atoms with Crippen LogP contribution < -0.4 is 0 Å². The first-order valence-electron chi connectivity index (χ1n) is 32.6. The minimum atomic E-state index is -0.810. The van der Waals surface area contributed by atoms with Crippen molar-refractivity contribution in [3.8, 4) is 0 Å². The fraction of sp³-hybridized carbons (Fsp3) is 0.587. The zero-order chi connectivity index (χ0) is 58.5. The van der Waals surface area contributed by atoms with Crippen molar-refractivity contribution in [2.24, 2.45) is 0 Å². The van der Waals surface area contributed by atoms with Gasteiger partial charge in [-0.15, -0.1) is 0 Å². The summed E-state index contributed by atoms with van der Waals surface area (Å²) in [5.41, 5.74) is 0. The van der Waals surface area contributed by atoms with Gasteiger partial charge < -0.3 is 14.2 Å². The summed E-state index contributed by atoms with van der Waals surface area (Å²) in [7, 11) is 0. The van der Waals surface area contributed by atoms with Gasteiger partial charge in [0.25, 0.3) is 0 Å².